The van der Waals surface area contributed by atoms with Crippen LogP contribution in [0.5, 0.6) is 5.75 Å². The van der Waals surface area contributed by atoms with E-state index in [-0.39, 0.29) is 5.13 Å². The Kier molecular flexibility index (Phi) is 4.92. The van der Waals surface area contributed by atoms with Gasteiger partial charge >= 0.3 is 6.36 Å². The molecule has 0 saturated heterocycles. The van der Waals surface area contributed by atoms with E-state index in [4.69, 9.17) is 0 Å². The summed E-state index contributed by atoms with van der Waals surface area (Å²) in [7, 11) is -4.25. The Morgan fingerprint density at radius 3 is 2.60 bits per heavy atom. The van der Waals surface area contributed by atoms with Gasteiger partial charge in [0.1, 0.15) is 10.6 Å². The van der Waals surface area contributed by atoms with E-state index in [0.29, 0.717) is 0 Å². The number of thiazole rings is 1. The predicted octanol–water partition coefficient (Wildman–Crippen LogP) is 4.11. The number of hydrogen-bond donors (Lipinski definition) is 1. The van der Waals surface area contributed by atoms with Crippen LogP contribution < -0.4 is 9.46 Å². The number of aromatic nitrogens is 1. The number of nitrogens with one attached hydrogen (secondary N) is 1. The third kappa shape index (κ3) is 4.43. The lowest BCUT2D eigenvalue weighted by molar-refractivity contribution is -0.275. The summed E-state index contributed by atoms with van der Waals surface area (Å²) in [5.74, 6) is -0.777. The normalized spacial score (nSPS) is 15.3. The van der Waals surface area contributed by atoms with Gasteiger partial charge in [0.05, 0.1) is 5.69 Å². The molecule has 0 saturated carbocycles. The summed E-state index contributed by atoms with van der Waals surface area (Å²) in [4.78, 5) is 4.73. The molecule has 0 spiro atoms. The highest BCUT2D eigenvalue weighted by molar-refractivity contribution is 7.93. The van der Waals surface area contributed by atoms with Crippen LogP contribution in [0.1, 0.15) is 29.8 Å². The molecule has 1 N–H and O–H groups in total. The molecule has 0 radical (unpaired) electrons. The van der Waals surface area contributed by atoms with Crippen molar-refractivity contribution in [3.8, 4) is 5.75 Å². The van der Waals surface area contributed by atoms with Gasteiger partial charge < -0.3 is 4.74 Å². The van der Waals surface area contributed by atoms with Gasteiger partial charge in [-0.05, 0) is 37.8 Å². The van der Waals surface area contributed by atoms with Crippen molar-refractivity contribution in [1.29, 1.82) is 0 Å². The third-order valence-corrected chi connectivity index (χ3v) is 6.26. The number of sulfonamides is 1. The highest BCUT2D eigenvalue weighted by Gasteiger charge is 2.34. The Labute approximate surface area is 146 Å². The number of nitrogens with zero attached hydrogens (tertiary/aromatic N) is 1. The van der Waals surface area contributed by atoms with Crippen LogP contribution in [0.15, 0.2) is 29.2 Å². The van der Waals surface area contributed by atoms with Gasteiger partial charge in [-0.3, -0.25) is 4.72 Å². The zero-order valence-electron chi connectivity index (χ0n) is 13.0. The maximum atomic E-state index is 12.5. The third-order valence-electron chi connectivity index (χ3n) is 3.68. The highest BCUT2D eigenvalue weighted by Crippen LogP contribution is 2.33. The van der Waals surface area contributed by atoms with Crippen LogP contribution in [0.3, 0.4) is 0 Å². The quantitative estimate of drug-likeness (QED) is 0.795. The number of para-hydroxylation sites is 1. The van der Waals surface area contributed by atoms with Gasteiger partial charge in [-0.15, -0.1) is 24.5 Å². The fourth-order valence-electron chi connectivity index (χ4n) is 2.62. The van der Waals surface area contributed by atoms with Crippen molar-refractivity contribution in [3.63, 3.8) is 0 Å². The lowest BCUT2D eigenvalue weighted by Gasteiger charge is -2.13. The molecule has 0 aliphatic heterocycles. The average Bonchev–Trinajstić information content (AvgIpc) is 2.73. The SMILES string of the molecule is O=S(=O)(Nc1nc2c(s1)CCCCC2)c1ccccc1OC(F)(F)F. The maximum absolute atomic E-state index is 12.5. The van der Waals surface area contributed by atoms with Gasteiger partial charge in [-0.2, -0.15) is 0 Å². The molecule has 1 aliphatic rings. The second-order valence-electron chi connectivity index (χ2n) is 5.55. The maximum Gasteiger partial charge on any atom is 0.573 e. The summed E-state index contributed by atoms with van der Waals surface area (Å²) >= 11 is 1.22. The van der Waals surface area contributed by atoms with Crippen LogP contribution in [-0.2, 0) is 22.9 Å². The Morgan fingerprint density at radius 1 is 1.12 bits per heavy atom. The number of anilines is 1. The average molecular weight is 392 g/mol. The summed E-state index contributed by atoms with van der Waals surface area (Å²) < 4.78 is 68.5. The molecule has 5 nitrogen and oxygen atoms in total. The van der Waals surface area contributed by atoms with E-state index in [1.54, 1.807) is 0 Å². The first-order valence-corrected chi connectivity index (χ1v) is 9.91. The molecule has 0 unspecified atom stereocenters. The molecule has 0 fully saturated rings. The van der Waals surface area contributed by atoms with E-state index in [2.05, 4.69) is 14.4 Å². The highest BCUT2D eigenvalue weighted by atomic mass is 32.2. The molecule has 0 amide bonds. The van der Waals surface area contributed by atoms with E-state index in [1.165, 1.54) is 23.5 Å². The molecule has 136 valence electrons. The van der Waals surface area contributed by atoms with Crippen LogP contribution >= 0.6 is 11.3 Å². The zero-order chi connectivity index (χ0) is 18.1. The van der Waals surface area contributed by atoms with E-state index in [1.807, 2.05) is 0 Å². The largest absolute Gasteiger partial charge is 0.573 e. The predicted molar refractivity (Wildman–Crippen MR) is 87.3 cm³/mol. The van der Waals surface area contributed by atoms with Gasteiger partial charge in [0.25, 0.3) is 10.0 Å². The first-order valence-electron chi connectivity index (χ1n) is 7.61. The molecular weight excluding hydrogens is 377 g/mol. The minimum atomic E-state index is -4.98. The smallest absolute Gasteiger partial charge is 0.404 e. The van der Waals surface area contributed by atoms with E-state index < -0.39 is 27.0 Å². The first-order chi connectivity index (χ1) is 11.7. The van der Waals surface area contributed by atoms with Crippen LogP contribution in [0.4, 0.5) is 18.3 Å². The molecule has 1 aliphatic carbocycles. The summed E-state index contributed by atoms with van der Waals surface area (Å²) in [6.07, 6.45) is -0.255. The van der Waals surface area contributed by atoms with Crippen molar-refractivity contribution in [2.24, 2.45) is 0 Å². The Bertz CT molecular complexity index is 840. The molecule has 1 heterocycles. The monoisotopic (exact) mass is 392 g/mol. The van der Waals surface area contributed by atoms with Gasteiger partial charge in [0, 0.05) is 4.88 Å². The number of ether oxygens (including phenoxy) is 1. The fraction of sp³-hybridized carbons (Fsp3) is 0.400. The van der Waals surface area contributed by atoms with Gasteiger partial charge in [0.15, 0.2) is 5.13 Å². The van der Waals surface area contributed by atoms with Gasteiger partial charge in [-0.25, -0.2) is 13.4 Å². The summed E-state index contributed by atoms with van der Waals surface area (Å²) in [6, 6.07) is 4.61. The van der Waals surface area contributed by atoms with Crippen molar-refractivity contribution in [1.82, 2.24) is 4.98 Å². The Balaban J connectivity index is 1.88. The molecule has 25 heavy (non-hydrogen) atoms. The zero-order valence-corrected chi connectivity index (χ0v) is 14.6. The Morgan fingerprint density at radius 2 is 1.84 bits per heavy atom. The lowest BCUT2D eigenvalue weighted by Crippen LogP contribution is -2.20. The minimum absolute atomic E-state index is 0.161. The van der Waals surface area contributed by atoms with Gasteiger partial charge in [0.2, 0.25) is 0 Å². The summed E-state index contributed by atoms with van der Waals surface area (Å²) in [6.45, 7) is 0. The van der Waals surface area contributed by atoms with Crippen LogP contribution in [0, 0.1) is 0 Å². The van der Waals surface area contributed by atoms with Crippen molar-refractivity contribution in [2.75, 3.05) is 4.72 Å². The van der Waals surface area contributed by atoms with Crippen molar-refractivity contribution < 1.29 is 26.3 Å². The number of rotatable bonds is 4. The number of benzene rings is 1. The second kappa shape index (κ2) is 6.83. The van der Waals surface area contributed by atoms with Crippen molar-refractivity contribution in [2.45, 2.75) is 43.4 Å². The minimum Gasteiger partial charge on any atom is -0.404 e. The summed E-state index contributed by atoms with van der Waals surface area (Å²) in [5.41, 5.74) is 0.861. The topological polar surface area (TPSA) is 68.3 Å². The van der Waals surface area contributed by atoms with Crippen LogP contribution in [0.25, 0.3) is 0 Å². The molecule has 1 aromatic carbocycles. The summed E-state index contributed by atoms with van der Waals surface area (Å²) in [5, 5.41) is 0.161. The van der Waals surface area contributed by atoms with E-state index in [0.717, 1.165) is 54.8 Å². The van der Waals surface area contributed by atoms with E-state index >= 15 is 0 Å². The van der Waals surface area contributed by atoms with E-state index in [9.17, 15) is 21.6 Å². The second-order valence-corrected chi connectivity index (χ2v) is 8.28. The molecular formula is C15H15F3N2O3S2. The lowest BCUT2D eigenvalue weighted by atomic mass is 10.2. The van der Waals surface area contributed by atoms with Crippen molar-refractivity contribution in [3.05, 3.63) is 34.8 Å². The molecule has 2 aromatic rings. The number of fused-ring (bicyclic) bond motifs is 1. The van der Waals surface area contributed by atoms with Crippen LogP contribution in [-0.4, -0.2) is 19.8 Å². The number of halogens is 3. The molecule has 0 bridgehead atoms. The molecule has 0 atom stereocenters. The standard InChI is InChI=1S/C15H15F3N2O3S2/c16-15(17,18)23-11-7-4-5-9-13(11)25(21,22)20-14-19-10-6-2-1-3-8-12(10)24-14/h4-5,7,9H,1-3,6,8H2,(H,19,20). The number of aryl methyl sites for hydroxylation is 2. The molecule has 3 rings (SSSR count). The van der Waals surface area contributed by atoms with Crippen LogP contribution in [0.2, 0.25) is 0 Å². The number of hydrogen-bond acceptors (Lipinski definition) is 5. The first kappa shape index (κ1) is 18.0. The number of alkyl halides is 3. The molecule has 10 heteroatoms. The van der Waals surface area contributed by atoms with Crippen molar-refractivity contribution >= 4 is 26.5 Å². The fourth-order valence-corrected chi connectivity index (χ4v) is 5.04. The Hall–Kier alpha value is -1.81. The van der Waals surface area contributed by atoms with Gasteiger partial charge in [-0.1, -0.05) is 18.6 Å². The molecule has 1 aromatic heterocycles.